The summed E-state index contributed by atoms with van der Waals surface area (Å²) in [6, 6.07) is 4.24. The van der Waals surface area contributed by atoms with Crippen LogP contribution in [0, 0.1) is 0 Å². The first-order valence-corrected chi connectivity index (χ1v) is 10.4. The van der Waals surface area contributed by atoms with Crippen LogP contribution >= 0.6 is 15.9 Å². The van der Waals surface area contributed by atoms with Crippen molar-refractivity contribution in [2.45, 2.75) is 50.4 Å². The van der Waals surface area contributed by atoms with Crippen molar-refractivity contribution in [1.82, 2.24) is 0 Å². The zero-order valence-corrected chi connectivity index (χ0v) is 14.9. The van der Waals surface area contributed by atoms with Crippen LogP contribution in [0.4, 0.5) is 13.2 Å². The second-order valence-electron chi connectivity index (χ2n) is 6.32. The fraction of sp³-hybridized carbons (Fsp3) is 0.571. The third-order valence-corrected chi connectivity index (χ3v) is 8.67. The Morgan fingerprint density at radius 2 is 1.70 bits per heavy atom. The standard InChI is InChI=1S/C14H20BrF3OSi/c1-13(2,3)20(4,5)19-12-7-6-10(9-15)8-11(12)14(16,17)18/h6-8H,9H2,1-5H3. The highest BCUT2D eigenvalue weighted by molar-refractivity contribution is 9.08. The van der Waals surface area contributed by atoms with Crippen molar-refractivity contribution in [2.24, 2.45) is 0 Å². The Labute approximate surface area is 127 Å². The fourth-order valence-electron chi connectivity index (χ4n) is 1.40. The second kappa shape index (κ2) is 5.71. The van der Waals surface area contributed by atoms with Crippen LogP contribution in [0.5, 0.6) is 5.75 Å². The lowest BCUT2D eigenvalue weighted by Gasteiger charge is -2.37. The lowest BCUT2D eigenvalue weighted by molar-refractivity contribution is -0.138. The van der Waals surface area contributed by atoms with E-state index in [2.05, 4.69) is 15.9 Å². The molecule has 0 atom stereocenters. The Kier molecular flexibility index (Phi) is 5.02. The van der Waals surface area contributed by atoms with E-state index >= 15 is 0 Å². The van der Waals surface area contributed by atoms with Crippen LogP contribution in [0.25, 0.3) is 0 Å². The summed E-state index contributed by atoms with van der Waals surface area (Å²) in [5.41, 5.74) is -0.112. The molecule has 0 amide bonds. The molecule has 114 valence electrons. The summed E-state index contributed by atoms with van der Waals surface area (Å²) >= 11 is 3.18. The van der Waals surface area contributed by atoms with E-state index in [-0.39, 0.29) is 10.8 Å². The average molecular weight is 369 g/mol. The van der Waals surface area contributed by atoms with Crippen molar-refractivity contribution in [1.29, 1.82) is 0 Å². The van der Waals surface area contributed by atoms with Gasteiger partial charge < -0.3 is 4.43 Å². The van der Waals surface area contributed by atoms with Crippen molar-refractivity contribution in [3.05, 3.63) is 29.3 Å². The van der Waals surface area contributed by atoms with E-state index in [0.29, 0.717) is 10.9 Å². The molecular formula is C14H20BrF3OSi. The maximum Gasteiger partial charge on any atom is 0.419 e. The molecule has 0 heterocycles. The van der Waals surface area contributed by atoms with E-state index in [9.17, 15) is 13.2 Å². The van der Waals surface area contributed by atoms with E-state index < -0.39 is 20.1 Å². The number of halogens is 4. The van der Waals surface area contributed by atoms with Gasteiger partial charge in [0.25, 0.3) is 0 Å². The van der Waals surface area contributed by atoms with Gasteiger partial charge in [-0.05, 0) is 35.8 Å². The molecule has 0 aliphatic heterocycles. The Bertz CT molecular complexity index is 478. The Hall–Kier alpha value is -0.493. The van der Waals surface area contributed by atoms with Crippen molar-refractivity contribution < 1.29 is 17.6 Å². The molecule has 1 aromatic carbocycles. The molecule has 6 heteroatoms. The largest absolute Gasteiger partial charge is 0.543 e. The summed E-state index contributed by atoms with van der Waals surface area (Å²) in [4.78, 5) is 0. The number of hydrogen-bond donors (Lipinski definition) is 0. The van der Waals surface area contributed by atoms with Crippen LogP contribution in [-0.2, 0) is 11.5 Å². The zero-order valence-electron chi connectivity index (χ0n) is 12.4. The molecular weight excluding hydrogens is 349 g/mol. The predicted octanol–water partition coefficient (Wildman–Crippen LogP) is 5.98. The van der Waals surface area contributed by atoms with Gasteiger partial charge in [-0.15, -0.1) is 0 Å². The highest BCUT2D eigenvalue weighted by atomic mass is 79.9. The number of hydrogen-bond acceptors (Lipinski definition) is 1. The van der Waals surface area contributed by atoms with Gasteiger partial charge in [0.2, 0.25) is 8.32 Å². The molecule has 20 heavy (non-hydrogen) atoms. The summed E-state index contributed by atoms with van der Waals surface area (Å²) in [7, 11) is -2.30. The van der Waals surface area contributed by atoms with Gasteiger partial charge in [0.1, 0.15) is 5.75 Å². The summed E-state index contributed by atoms with van der Waals surface area (Å²) < 4.78 is 45.3. The van der Waals surface area contributed by atoms with Crippen LogP contribution in [-0.4, -0.2) is 8.32 Å². The third-order valence-electron chi connectivity index (χ3n) is 3.67. The normalized spacial score (nSPS) is 13.4. The van der Waals surface area contributed by atoms with Crippen molar-refractivity contribution >= 4 is 24.2 Å². The van der Waals surface area contributed by atoms with Crippen molar-refractivity contribution in [3.8, 4) is 5.75 Å². The summed E-state index contributed by atoms with van der Waals surface area (Å²) in [6.07, 6.45) is -4.41. The van der Waals surface area contributed by atoms with Gasteiger partial charge >= 0.3 is 6.18 Å². The highest BCUT2D eigenvalue weighted by Gasteiger charge is 2.42. The van der Waals surface area contributed by atoms with Gasteiger partial charge in [-0.2, -0.15) is 13.2 Å². The summed E-state index contributed by atoms with van der Waals surface area (Å²) in [5, 5.41) is 0.237. The highest BCUT2D eigenvalue weighted by Crippen LogP contribution is 2.42. The average Bonchev–Trinajstić information content (AvgIpc) is 2.26. The van der Waals surface area contributed by atoms with Crippen LogP contribution in [0.2, 0.25) is 18.1 Å². The molecule has 0 aromatic heterocycles. The molecule has 0 fully saturated rings. The Morgan fingerprint density at radius 3 is 2.10 bits per heavy atom. The van der Waals surface area contributed by atoms with E-state index in [1.165, 1.54) is 6.07 Å². The third kappa shape index (κ3) is 4.01. The van der Waals surface area contributed by atoms with Crippen LogP contribution < -0.4 is 4.43 Å². The minimum Gasteiger partial charge on any atom is -0.543 e. The van der Waals surface area contributed by atoms with E-state index in [1.807, 2.05) is 33.9 Å². The number of alkyl halides is 4. The molecule has 1 nitrogen and oxygen atoms in total. The fourth-order valence-corrected chi connectivity index (χ4v) is 2.78. The van der Waals surface area contributed by atoms with Gasteiger partial charge in [-0.3, -0.25) is 0 Å². The van der Waals surface area contributed by atoms with E-state index in [1.54, 1.807) is 6.07 Å². The first-order chi connectivity index (χ1) is 8.88. The smallest absolute Gasteiger partial charge is 0.419 e. The van der Waals surface area contributed by atoms with E-state index in [4.69, 9.17) is 4.43 Å². The molecule has 1 rings (SSSR count). The van der Waals surface area contributed by atoms with Crippen LogP contribution in [0.3, 0.4) is 0 Å². The molecule has 0 aliphatic rings. The van der Waals surface area contributed by atoms with Gasteiger partial charge in [0.15, 0.2) is 0 Å². The van der Waals surface area contributed by atoms with Crippen molar-refractivity contribution in [3.63, 3.8) is 0 Å². The predicted molar refractivity (Wildman–Crippen MR) is 81.9 cm³/mol. The summed E-state index contributed by atoms with van der Waals surface area (Å²) in [6.45, 7) is 9.87. The quantitative estimate of drug-likeness (QED) is 0.470. The molecule has 1 aromatic rings. The molecule has 0 saturated heterocycles. The van der Waals surface area contributed by atoms with Crippen LogP contribution in [0.15, 0.2) is 18.2 Å². The number of benzene rings is 1. The SMILES string of the molecule is CC(C)(C)[Si](C)(C)Oc1ccc(CBr)cc1C(F)(F)F. The molecule has 0 aliphatic carbocycles. The second-order valence-corrected chi connectivity index (χ2v) is 11.6. The molecule has 0 bridgehead atoms. The van der Waals surface area contributed by atoms with E-state index in [0.717, 1.165) is 6.07 Å². The van der Waals surface area contributed by atoms with Gasteiger partial charge in [0.05, 0.1) is 5.56 Å². The monoisotopic (exact) mass is 368 g/mol. The minimum atomic E-state index is -4.41. The maximum atomic E-state index is 13.2. The molecule has 0 radical (unpaired) electrons. The lowest BCUT2D eigenvalue weighted by atomic mass is 10.1. The lowest BCUT2D eigenvalue weighted by Crippen LogP contribution is -2.44. The molecule has 0 unspecified atom stereocenters. The number of rotatable bonds is 3. The van der Waals surface area contributed by atoms with Gasteiger partial charge in [-0.1, -0.05) is 42.8 Å². The van der Waals surface area contributed by atoms with Crippen molar-refractivity contribution in [2.75, 3.05) is 0 Å². The molecule has 0 spiro atoms. The first-order valence-electron chi connectivity index (χ1n) is 6.33. The Morgan fingerprint density at radius 1 is 1.15 bits per heavy atom. The first kappa shape index (κ1) is 17.6. The topological polar surface area (TPSA) is 9.23 Å². The summed E-state index contributed by atoms with van der Waals surface area (Å²) in [5.74, 6) is -0.0613. The zero-order chi connectivity index (χ0) is 15.8. The van der Waals surface area contributed by atoms with Crippen LogP contribution in [0.1, 0.15) is 31.9 Å². The minimum absolute atomic E-state index is 0.0613. The van der Waals surface area contributed by atoms with Gasteiger partial charge in [0, 0.05) is 5.33 Å². The Balaban J connectivity index is 3.26. The molecule has 0 N–H and O–H groups in total. The maximum absolute atomic E-state index is 13.2. The van der Waals surface area contributed by atoms with Gasteiger partial charge in [-0.25, -0.2) is 0 Å². The molecule has 0 saturated carbocycles.